The summed E-state index contributed by atoms with van der Waals surface area (Å²) in [5.74, 6) is 1.71. The molecule has 1 aliphatic heterocycles. The van der Waals surface area contributed by atoms with E-state index in [0.29, 0.717) is 54.2 Å². The number of nitrogens with one attached hydrogen (secondary N) is 1. The van der Waals surface area contributed by atoms with Crippen molar-refractivity contribution in [3.05, 3.63) is 47.3 Å². The smallest absolute Gasteiger partial charge is 0.159 e. The summed E-state index contributed by atoms with van der Waals surface area (Å²) in [7, 11) is 0. The molecule has 7 heteroatoms. The summed E-state index contributed by atoms with van der Waals surface area (Å²) in [6.45, 7) is 7.51. The Morgan fingerprint density at radius 2 is 2.20 bits per heavy atom. The predicted octanol–water partition coefficient (Wildman–Crippen LogP) is 2.93. The summed E-state index contributed by atoms with van der Waals surface area (Å²) in [6, 6.07) is 7.62. The number of nitrogen functional groups attached to an aromatic ring is 1. The Balaban J connectivity index is 1.91. The summed E-state index contributed by atoms with van der Waals surface area (Å²) >= 11 is 6.21. The van der Waals surface area contributed by atoms with Crippen LogP contribution in [-0.4, -0.2) is 34.3 Å². The number of allylic oxidation sites excluding steroid dienone is 1. The van der Waals surface area contributed by atoms with Gasteiger partial charge in [0.15, 0.2) is 17.5 Å². The molecule has 0 spiro atoms. The third-order valence-electron chi connectivity index (χ3n) is 4.17. The number of aliphatic hydroxyl groups excluding tert-OH is 1. The fraction of sp³-hybridized carbons (Fsp3) is 0.333. The van der Waals surface area contributed by atoms with Crippen LogP contribution in [0.15, 0.2) is 30.8 Å². The van der Waals surface area contributed by atoms with Gasteiger partial charge in [-0.25, -0.2) is 9.97 Å². The van der Waals surface area contributed by atoms with Crippen molar-refractivity contribution in [3.8, 4) is 0 Å². The molecule has 2 aromatic rings. The topological polar surface area (TPSA) is 87.3 Å². The van der Waals surface area contributed by atoms with Gasteiger partial charge in [-0.05, 0) is 30.5 Å². The molecule has 0 bridgehead atoms. The van der Waals surface area contributed by atoms with Gasteiger partial charge in [0.1, 0.15) is 5.69 Å². The first kappa shape index (κ1) is 17.5. The van der Waals surface area contributed by atoms with E-state index in [4.69, 9.17) is 17.3 Å². The molecule has 25 heavy (non-hydrogen) atoms. The third-order valence-corrected chi connectivity index (χ3v) is 4.54. The standard InChI is InChI=1S/C18H22ClN5O/c1-11(2)16-22-17(21-9-12-5-3-4-6-14(12)19)15(20)18(23-16)24-8-7-13(25)10-24/h3-6,13,25H,1,7-10,20H2,2H3,(H,21,22,23)/t13-/m0/s1. The van der Waals surface area contributed by atoms with Crippen LogP contribution in [0.3, 0.4) is 0 Å². The summed E-state index contributed by atoms with van der Waals surface area (Å²) in [5.41, 5.74) is 8.48. The summed E-state index contributed by atoms with van der Waals surface area (Å²) < 4.78 is 0. The monoisotopic (exact) mass is 359 g/mol. The molecule has 4 N–H and O–H groups in total. The number of aromatic nitrogens is 2. The van der Waals surface area contributed by atoms with Crippen molar-refractivity contribution in [2.24, 2.45) is 0 Å². The lowest BCUT2D eigenvalue weighted by molar-refractivity contribution is 0.198. The number of halogens is 1. The maximum Gasteiger partial charge on any atom is 0.159 e. The van der Waals surface area contributed by atoms with Gasteiger partial charge in [-0.3, -0.25) is 0 Å². The van der Waals surface area contributed by atoms with E-state index >= 15 is 0 Å². The predicted molar refractivity (Wildman–Crippen MR) is 103 cm³/mol. The maximum atomic E-state index is 9.81. The van der Waals surface area contributed by atoms with Gasteiger partial charge >= 0.3 is 0 Å². The zero-order valence-corrected chi connectivity index (χ0v) is 14.9. The minimum Gasteiger partial charge on any atom is -0.393 e. The molecule has 1 aliphatic rings. The largest absolute Gasteiger partial charge is 0.393 e. The molecule has 1 fully saturated rings. The highest BCUT2D eigenvalue weighted by Gasteiger charge is 2.25. The van der Waals surface area contributed by atoms with Crippen molar-refractivity contribution >= 4 is 34.5 Å². The number of anilines is 3. The lowest BCUT2D eigenvalue weighted by Gasteiger charge is -2.21. The quantitative estimate of drug-likeness (QED) is 0.760. The molecule has 2 heterocycles. The van der Waals surface area contributed by atoms with Gasteiger partial charge in [-0.15, -0.1) is 0 Å². The van der Waals surface area contributed by atoms with Crippen molar-refractivity contribution in [2.75, 3.05) is 29.0 Å². The van der Waals surface area contributed by atoms with Crippen LogP contribution < -0.4 is 16.0 Å². The zero-order chi connectivity index (χ0) is 18.0. The van der Waals surface area contributed by atoms with Gasteiger partial charge in [0.2, 0.25) is 0 Å². The van der Waals surface area contributed by atoms with Crippen molar-refractivity contribution < 1.29 is 5.11 Å². The number of hydrogen-bond donors (Lipinski definition) is 3. The molecule has 132 valence electrons. The van der Waals surface area contributed by atoms with Crippen LogP contribution in [0.4, 0.5) is 17.3 Å². The first-order valence-electron chi connectivity index (χ1n) is 8.19. The van der Waals surface area contributed by atoms with Crippen LogP contribution in [0.2, 0.25) is 5.02 Å². The van der Waals surface area contributed by atoms with Crippen LogP contribution in [-0.2, 0) is 6.54 Å². The normalized spacial score (nSPS) is 16.9. The average Bonchev–Trinajstić information content (AvgIpc) is 3.01. The van der Waals surface area contributed by atoms with Gasteiger partial charge < -0.3 is 21.1 Å². The molecule has 0 unspecified atom stereocenters. The molecular formula is C18H22ClN5O. The first-order valence-corrected chi connectivity index (χ1v) is 8.57. The molecule has 1 atom stereocenters. The van der Waals surface area contributed by atoms with Gasteiger partial charge in [-0.1, -0.05) is 36.4 Å². The van der Waals surface area contributed by atoms with E-state index in [1.807, 2.05) is 36.1 Å². The number of nitrogens with zero attached hydrogens (tertiary/aromatic N) is 3. The van der Waals surface area contributed by atoms with E-state index in [0.717, 1.165) is 11.1 Å². The van der Waals surface area contributed by atoms with Crippen molar-refractivity contribution in [3.63, 3.8) is 0 Å². The second kappa shape index (κ2) is 7.29. The van der Waals surface area contributed by atoms with Crippen LogP contribution in [0.1, 0.15) is 24.7 Å². The van der Waals surface area contributed by atoms with Gasteiger partial charge in [0, 0.05) is 24.7 Å². The molecule has 1 saturated heterocycles. The van der Waals surface area contributed by atoms with Gasteiger partial charge in [0.05, 0.1) is 6.10 Å². The molecule has 0 saturated carbocycles. The molecule has 0 aliphatic carbocycles. The Hall–Kier alpha value is -2.31. The van der Waals surface area contributed by atoms with Crippen molar-refractivity contribution in [2.45, 2.75) is 26.0 Å². The number of rotatable bonds is 5. The molecule has 1 aromatic carbocycles. The van der Waals surface area contributed by atoms with Crippen LogP contribution in [0, 0.1) is 0 Å². The summed E-state index contributed by atoms with van der Waals surface area (Å²) in [5, 5.41) is 13.7. The lowest BCUT2D eigenvalue weighted by atomic mass is 10.2. The van der Waals surface area contributed by atoms with Crippen LogP contribution in [0.25, 0.3) is 5.57 Å². The highest BCUT2D eigenvalue weighted by molar-refractivity contribution is 6.31. The fourth-order valence-electron chi connectivity index (χ4n) is 2.78. The van der Waals surface area contributed by atoms with E-state index in [9.17, 15) is 5.11 Å². The Morgan fingerprint density at radius 3 is 2.84 bits per heavy atom. The first-order chi connectivity index (χ1) is 12.0. The minimum atomic E-state index is -0.359. The van der Waals surface area contributed by atoms with E-state index < -0.39 is 0 Å². The molecule has 1 aromatic heterocycles. The Bertz CT molecular complexity index is 795. The Kier molecular flexibility index (Phi) is 5.11. The lowest BCUT2D eigenvalue weighted by Crippen LogP contribution is -2.24. The van der Waals surface area contributed by atoms with E-state index in [1.165, 1.54) is 0 Å². The highest BCUT2D eigenvalue weighted by Crippen LogP contribution is 2.31. The fourth-order valence-corrected chi connectivity index (χ4v) is 2.98. The number of benzene rings is 1. The Labute approximate surface area is 152 Å². The number of hydrogen-bond acceptors (Lipinski definition) is 6. The van der Waals surface area contributed by atoms with Gasteiger partial charge in [-0.2, -0.15) is 0 Å². The molecular weight excluding hydrogens is 338 g/mol. The number of aliphatic hydroxyl groups is 1. The van der Waals surface area contributed by atoms with Crippen molar-refractivity contribution in [1.82, 2.24) is 9.97 Å². The van der Waals surface area contributed by atoms with E-state index in [2.05, 4.69) is 21.9 Å². The van der Waals surface area contributed by atoms with E-state index in [-0.39, 0.29) is 6.10 Å². The molecule has 3 rings (SSSR count). The minimum absolute atomic E-state index is 0.359. The maximum absolute atomic E-state index is 9.81. The highest BCUT2D eigenvalue weighted by atomic mass is 35.5. The number of β-amino-alcohol motifs (C(OH)–C–C–N with tert-alkyl or cyclic N) is 1. The third kappa shape index (κ3) is 3.86. The SMILES string of the molecule is C=C(C)c1nc(NCc2ccccc2Cl)c(N)c(N2CC[C@H](O)C2)n1. The van der Waals surface area contributed by atoms with Crippen molar-refractivity contribution in [1.29, 1.82) is 0 Å². The van der Waals surface area contributed by atoms with Gasteiger partial charge in [0.25, 0.3) is 0 Å². The molecule has 0 amide bonds. The summed E-state index contributed by atoms with van der Waals surface area (Å²) in [6.07, 6.45) is 0.344. The van der Waals surface area contributed by atoms with Crippen LogP contribution >= 0.6 is 11.6 Å². The second-order valence-electron chi connectivity index (χ2n) is 6.25. The average molecular weight is 360 g/mol. The Morgan fingerprint density at radius 1 is 1.44 bits per heavy atom. The van der Waals surface area contributed by atoms with E-state index in [1.54, 1.807) is 0 Å². The molecule has 6 nitrogen and oxygen atoms in total. The van der Waals surface area contributed by atoms with Crippen LogP contribution in [0.5, 0.6) is 0 Å². The number of nitrogens with two attached hydrogens (primary N) is 1. The zero-order valence-electron chi connectivity index (χ0n) is 14.2. The molecule has 0 radical (unpaired) electrons. The second-order valence-corrected chi connectivity index (χ2v) is 6.65. The summed E-state index contributed by atoms with van der Waals surface area (Å²) in [4.78, 5) is 11.0.